The van der Waals surface area contributed by atoms with Crippen LogP contribution in [0.4, 0.5) is 4.79 Å². The maximum Gasteiger partial charge on any atom is 0.410 e. The van der Waals surface area contributed by atoms with Gasteiger partial charge in [0.05, 0.1) is 0 Å². The Morgan fingerprint density at radius 1 is 1.22 bits per heavy atom. The Kier molecular flexibility index (Phi) is 3.93. The molecule has 104 valence electrons. The van der Waals surface area contributed by atoms with Gasteiger partial charge in [-0.05, 0) is 33.6 Å². The zero-order chi connectivity index (χ0) is 13.4. The minimum Gasteiger partial charge on any atom is -0.444 e. The molecule has 0 atom stereocenters. The summed E-state index contributed by atoms with van der Waals surface area (Å²) in [5.41, 5.74) is -0.0121. The number of amides is 1. The highest BCUT2D eigenvalue weighted by atomic mass is 79.9. The van der Waals surface area contributed by atoms with Crippen LogP contribution in [0.3, 0.4) is 0 Å². The van der Waals surface area contributed by atoms with Gasteiger partial charge in [0.2, 0.25) is 0 Å². The van der Waals surface area contributed by atoms with E-state index < -0.39 is 5.60 Å². The Bertz CT molecular complexity index is 315. The molecule has 0 bridgehead atoms. The van der Waals surface area contributed by atoms with E-state index in [2.05, 4.69) is 20.8 Å². The van der Waals surface area contributed by atoms with Crippen molar-refractivity contribution in [3.63, 3.8) is 0 Å². The van der Waals surface area contributed by atoms with Crippen LogP contribution >= 0.6 is 15.9 Å². The van der Waals surface area contributed by atoms with Crippen LogP contribution in [0.25, 0.3) is 0 Å². The van der Waals surface area contributed by atoms with Crippen LogP contribution in [-0.4, -0.2) is 58.5 Å². The summed E-state index contributed by atoms with van der Waals surface area (Å²) in [5, 5.41) is 1.05. The molecule has 4 nitrogen and oxygen atoms in total. The smallest absolute Gasteiger partial charge is 0.410 e. The van der Waals surface area contributed by atoms with E-state index in [1.54, 1.807) is 0 Å². The lowest BCUT2D eigenvalue weighted by molar-refractivity contribution is 0.00989. The number of piperazine rings is 1. The van der Waals surface area contributed by atoms with E-state index in [-0.39, 0.29) is 6.09 Å². The van der Waals surface area contributed by atoms with E-state index in [1.807, 2.05) is 25.7 Å². The predicted molar refractivity (Wildman–Crippen MR) is 75.1 cm³/mol. The van der Waals surface area contributed by atoms with E-state index >= 15 is 0 Å². The van der Waals surface area contributed by atoms with Crippen molar-refractivity contribution >= 4 is 22.0 Å². The van der Waals surface area contributed by atoms with Crippen molar-refractivity contribution in [3.8, 4) is 0 Å². The molecule has 5 heteroatoms. The SMILES string of the molecule is CC(C)(C)OC(=O)N1CCN(C2(CBr)CC2)CC1. The second kappa shape index (κ2) is 5.00. The number of carbonyl (C=O) groups is 1. The van der Waals surface area contributed by atoms with Crippen LogP contribution in [0.2, 0.25) is 0 Å². The topological polar surface area (TPSA) is 32.8 Å². The summed E-state index contributed by atoms with van der Waals surface area (Å²) < 4.78 is 5.40. The molecule has 0 spiro atoms. The molecule has 1 aliphatic heterocycles. The molecule has 1 saturated heterocycles. The number of nitrogens with zero attached hydrogens (tertiary/aromatic N) is 2. The fourth-order valence-corrected chi connectivity index (χ4v) is 3.28. The number of carbonyl (C=O) groups excluding carboxylic acids is 1. The monoisotopic (exact) mass is 318 g/mol. The summed E-state index contributed by atoms with van der Waals surface area (Å²) in [4.78, 5) is 16.3. The Balaban J connectivity index is 1.82. The van der Waals surface area contributed by atoms with Gasteiger partial charge in [-0.1, -0.05) is 15.9 Å². The molecule has 2 rings (SSSR count). The summed E-state index contributed by atoms with van der Waals surface area (Å²) in [5.74, 6) is 0. The molecular weight excluding hydrogens is 296 g/mol. The van der Waals surface area contributed by atoms with Gasteiger partial charge < -0.3 is 9.64 Å². The largest absolute Gasteiger partial charge is 0.444 e. The van der Waals surface area contributed by atoms with Crippen molar-refractivity contribution in [2.24, 2.45) is 0 Å². The molecule has 0 unspecified atom stereocenters. The molecule has 18 heavy (non-hydrogen) atoms. The van der Waals surface area contributed by atoms with E-state index in [0.29, 0.717) is 5.54 Å². The van der Waals surface area contributed by atoms with Crippen molar-refractivity contribution in [2.45, 2.75) is 44.8 Å². The minimum absolute atomic E-state index is 0.175. The highest BCUT2D eigenvalue weighted by Gasteiger charge is 2.47. The summed E-state index contributed by atoms with van der Waals surface area (Å²) in [7, 11) is 0. The first-order valence-electron chi connectivity index (χ1n) is 6.65. The maximum atomic E-state index is 11.9. The number of halogens is 1. The lowest BCUT2D eigenvalue weighted by atomic mass is 10.2. The van der Waals surface area contributed by atoms with Gasteiger partial charge in [-0.2, -0.15) is 0 Å². The molecule has 2 fully saturated rings. The molecule has 1 saturated carbocycles. The highest BCUT2D eigenvalue weighted by Crippen LogP contribution is 2.43. The van der Waals surface area contributed by atoms with E-state index in [9.17, 15) is 4.79 Å². The van der Waals surface area contributed by atoms with Crippen LogP contribution < -0.4 is 0 Å². The molecule has 1 amide bonds. The fourth-order valence-electron chi connectivity index (χ4n) is 2.37. The van der Waals surface area contributed by atoms with Gasteiger partial charge >= 0.3 is 6.09 Å². The second-order valence-electron chi connectivity index (χ2n) is 6.31. The molecule has 2 aliphatic rings. The third-order valence-electron chi connectivity index (χ3n) is 3.68. The summed E-state index contributed by atoms with van der Waals surface area (Å²) in [6, 6.07) is 0. The van der Waals surface area contributed by atoms with Crippen molar-refractivity contribution in [1.29, 1.82) is 0 Å². The molecule has 0 aromatic carbocycles. The number of hydrogen-bond acceptors (Lipinski definition) is 3. The van der Waals surface area contributed by atoms with Crippen molar-refractivity contribution in [2.75, 3.05) is 31.5 Å². The highest BCUT2D eigenvalue weighted by molar-refractivity contribution is 9.09. The quantitative estimate of drug-likeness (QED) is 0.733. The molecule has 0 aromatic rings. The third-order valence-corrected chi connectivity index (χ3v) is 4.72. The first kappa shape index (κ1) is 14.1. The zero-order valence-electron chi connectivity index (χ0n) is 11.5. The van der Waals surface area contributed by atoms with Gasteiger partial charge in [0.15, 0.2) is 0 Å². The van der Waals surface area contributed by atoms with Gasteiger partial charge in [0, 0.05) is 37.0 Å². The third kappa shape index (κ3) is 3.18. The Morgan fingerprint density at radius 3 is 2.17 bits per heavy atom. The normalized spacial score (nSPS) is 23.9. The van der Waals surface area contributed by atoms with Crippen LogP contribution in [0, 0.1) is 0 Å². The molecule has 1 aliphatic carbocycles. The molecule has 1 heterocycles. The fraction of sp³-hybridized carbons (Fsp3) is 0.923. The number of hydrogen-bond donors (Lipinski definition) is 0. The Hall–Kier alpha value is -0.290. The standard InChI is InChI=1S/C13H23BrN2O2/c1-12(2,3)18-11(17)15-6-8-16(9-7-15)13(10-14)4-5-13/h4-10H2,1-3H3. The Morgan fingerprint density at radius 2 is 1.78 bits per heavy atom. The second-order valence-corrected chi connectivity index (χ2v) is 6.87. The van der Waals surface area contributed by atoms with Crippen molar-refractivity contribution < 1.29 is 9.53 Å². The molecule has 0 N–H and O–H groups in total. The van der Waals surface area contributed by atoms with Gasteiger partial charge in [-0.25, -0.2) is 4.79 Å². The van der Waals surface area contributed by atoms with Crippen LogP contribution in [0.1, 0.15) is 33.6 Å². The molecule has 0 aromatic heterocycles. The van der Waals surface area contributed by atoms with E-state index in [0.717, 1.165) is 31.5 Å². The minimum atomic E-state index is -0.401. The van der Waals surface area contributed by atoms with E-state index in [4.69, 9.17) is 4.74 Å². The average molecular weight is 319 g/mol. The van der Waals surface area contributed by atoms with Crippen LogP contribution in [0.5, 0.6) is 0 Å². The summed E-state index contributed by atoms with van der Waals surface area (Å²) in [6.45, 7) is 9.21. The lowest BCUT2D eigenvalue weighted by Gasteiger charge is -2.39. The zero-order valence-corrected chi connectivity index (χ0v) is 13.1. The number of alkyl halides is 1. The first-order chi connectivity index (χ1) is 8.36. The molecular formula is C13H23BrN2O2. The summed E-state index contributed by atoms with van der Waals surface area (Å²) >= 11 is 3.61. The van der Waals surface area contributed by atoms with Crippen molar-refractivity contribution in [1.82, 2.24) is 9.80 Å². The maximum absolute atomic E-state index is 11.9. The van der Waals surface area contributed by atoms with Gasteiger partial charge in [0.1, 0.15) is 5.60 Å². The van der Waals surface area contributed by atoms with Crippen LogP contribution in [-0.2, 0) is 4.74 Å². The predicted octanol–water partition coefficient (Wildman–Crippen LogP) is 2.47. The van der Waals surface area contributed by atoms with Gasteiger partial charge in [-0.3, -0.25) is 4.90 Å². The van der Waals surface area contributed by atoms with Crippen LogP contribution in [0.15, 0.2) is 0 Å². The van der Waals surface area contributed by atoms with Crippen molar-refractivity contribution in [3.05, 3.63) is 0 Å². The van der Waals surface area contributed by atoms with Gasteiger partial charge in [0.25, 0.3) is 0 Å². The first-order valence-corrected chi connectivity index (χ1v) is 7.77. The van der Waals surface area contributed by atoms with E-state index in [1.165, 1.54) is 12.8 Å². The van der Waals surface area contributed by atoms with Gasteiger partial charge in [-0.15, -0.1) is 0 Å². The number of rotatable bonds is 2. The Labute approximate surface area is 118 Å². The molecule has 0 radical (unpaired) electrons. The average Bonchev–Trinajstić information content (AvgIpc) is 3.08. The summed E-state index contributed by atoms with van der Waals surface area (Å²) in [6.07, 6.45) is 2.39. The lowest BCUT2D eigenvalue weighted by Crippen LogP contribution is -2.54. The number of ether oxygens (including phenoxy) is 1.